The van der Waals surface area contributed by atoms with Crippen LogP contribution in [0.5, 0.6) is 0 Å². The third-order valence-electron chi connectivity index (χ3n) is 2.09. The van der Waals surface area contributed by atoms with Crippen LogP contribution in [0.4, 0.5) is 4.48 Å². The maximum Gasteiger partial charge on any atom is 0.0360 e. The molecule has 4 N–H and O–H groups in total. The van der Waals surface area contributed by atoms with E-state index < -0.39 is 0 Å². The molecule has 0 radical (unpaired) electrons. The fourth-order valence-electron chi connectivity index (χ4n) is 1.43. The molecule has 0 aliphatic carbocycles. The zero-order valence-corrected chi connectivity index (χ0v) is 6.91. The molecule has 1 saturated heterocycles. The highest BCUT2D eigenvalue weighted by Crippen LogP contribution is 2.23. The highest BCUT2D eigenvalue weighted by molar-refractivity contribution is 5.21. The van der Waals surface area contributed by atoms with Gasteiger partial charge in [-0.25, -0.2) is 0 Å². The molecule has 12 heavy (non-hydrogen) atoms. The van der Waals surface area contributed by atoms with Gasteiger partial charge in [0.05, 0.1) is 0 Å². The molecule has 1 aliphatic rings. The van der Waals surface area contributed by atoms with Crippen LogP contribution in [0.1, 0.15) is 6.42 Å². The molecule has 4 heteroatoms. The van der Waals surface area contributed by atoms with Crippen molar-refractivity contribution in [1.29, 1.82) is 0 Å². The highest BCUT2D eigenvalue weighted by atomic mass is 19.2. The maximum absolute atomic E-state index is 12.6. The van der Waals surface area contributed by atoms with Gasteiger partial charge in [0.15, 0.2) is 0 Å². The molecule has 0 bridgehead atoms. The van der Waals surface area contributed by atoms with Gasteiger partial charge in [0.25, 0.3) is 0 Å². The summed E-state index contributed by atoms with van der Waals surface area (Å²) in [6, 6.07) is 0. The first kappa shape index (κ1) is 9.06. The number of allylic oxidation sites excluding steroid dienone is 1. The summed E-state index contributed by atoms with van der Waals surface area (Å²) in [6.45, 7) is 0.911. The number of nitrogens with two attached hydrogens (primary N) is 2. The average Bonchev–Trinajstić information content (AvgIpc) is 2.47. The standard InChI is InChI=1S/C8H14FN3/c9-12-4-2-8(6-12)7(5-11)1-3-10/h1,3,5,8H,2,4,6,10-11H2/b3-1-,7-5+. The molecule has 3 nitrogen and oxygen atoms in total. The number of halogens is 1. The van der Waals surface area contributed by atoms with Gasteiger partial charge in [0, 0.05) is 19.0 Å². The molecule has 0 amide bonds. The summed E-state index contributed by atoms with van der Waals surface area (Å²) in [5, 5.41) is 0.804. The predicted molar refractivity (Wildman–Crippen MR) is 46.4 cm³/mol. The van der Waals surface area contributed by atoms with Crippen LogP contribution in [0.3, 0.4) is 0 Å². The lowest BCUT2D eigenvalue weighted by molar-refractivity contribution is 0.0540. The van der Waals surface area contributed by atoms with E-state index in [2.05, 4.69) is 0 Å². The minimum atomic E-state index is 0.194. The lowest BCUT2D eigenvalue weighted by Crippen LogP contribution is -2.11. The lowest BCUT2D eigenvalue weighted by Gasteiger charge is -2.08. The van der Waals surface area contributed by atoms with E-state index in [1.54, 1.807) is 6.08 Å². The first-order valence-corrected chi connectivity index (χ1v) is 3.98. The van der Waals surface area contributed by atoms with Crippen LogP contribution in [0.25, 0.3) is 0 Å². The smallest absolute Gasteiger partial charge is 0.0360 e. The molecule has 1 fully saturated rings. The van der Waals surface area contributed by atoms with Crippen molar-refractivity contribution in [3.8, 4) is 0 Å². The van der Waals surface area contributed by atoms with Crippen LogP contribution < -0.4 is 11.5 Å². The van der Waals surface area contributed by atoms with Crippen molar-refractivity contribution in [2.45, 2.75) is 6.42 Å². The van der Waals surface area contributed by atoms with Crippen molar-refractivity contribution >= 4 is 0 Å². The second-order valence-corrected chi connectivity index (χ2v) is 2.88. The van der Waals surface area contributed by atoms with Gasteiger partial charge in [0.1, 0.15) is 0 Å². The summed E-state index contributed by atoms with van der Waals surface area (Å²) in [5.74, 6) is 0.194. The molecule has 0 aromatic heterocycles. The Morgan fingerprint density at radius 2 is 2.25 bits per heavy atom. The van der Waals surface area contributed by atoms with Crippen molar-refractivity contribution in [3.63, 3.8) is 0 Å². The molecule has 0 aromatic rings. The lowest BCUT2D eigenvalue weighted by atomic mass is 9.99. The van der Waals surface area contributed by atoms with E-state index in [-0.39, 0.29) is 5.92 Å². The van der Waals surface area contributed by atoms with Crippen LogP contribution in [0.15, 0.2) is 24.0 Å². The predicted octanol–water partition coefficient (Wildman–Crippen LogP) is 0.508. The van der Waals surface area contributed by atoms with Gasteiger partial charge >= 0.3 is 0 Å². The van der Waals surface area contributed by atoms with E-state index in [1.165, 1.54) is 12.4 Å². The number of nitrogens with zero attached hydrogens (tertiary/aromatic N) is 1. The summed E-state index contributed by atoms with van der Waals surface area (Å²) < 4.78 is 12.6. The van der Waals surface area contributed by atoms with Gasteiger partial charge in [-0.3, -0.25) is 0 Å². The van der Waals surface area contributed by atoms with E-state index in [0.29, 0.717) is 13.1 Å². The average molecular weight is 171 g/mol. The summed E-state index contributed by atoms with van der Waals surface area (Å²) in [6.07, 6.45) is 5.46. The third-order valence-corrected chi connectivity index (χ3v) is 2.09. The molecule has 1 aliphatic heterocycles. The Bertz CT molecular complexity index is 200. The summed E-state index contributed by atoms with van der Waals surface area (Å²) in [5.41, 5.74) is 11.5. The van der Waals surface area contributed by atoms with Crippen LogP contribution >= 0.6 is 0 Å². The number of rotatable bonds is 2. The Morgan fingerprint density at radius 1 is 1.50 bits per heavy atom. The van der Waals surface area contributed by atoms with Gasteiger partial charge in [-0.1, -0.05) is 0 Å². The Balaban J connectivity index is 2.56. The summed E-state index contributed by atoms with van der Waals surface area (Å²) in [7, 11) is 0. The summed E-state index contributed by atoms with van der Waals surface area (Å²) >= 11 is 0. The third kappa shape index (κ3) is 1.98. The summed E-state index contributed by atoms with van der Waals surface area (Å²) in [4.78, 5) is 0. The van der Waals surface area contributed by atoms with E-state index in [9.17, 15) is 4.48 Å². The van der Waals surface area contributed by atoms with Crippen molar-refractivity contribution in [2.24, 2.45) is 17.4 Å². The molecule has 1 rings (SSSR count). The molecule has 1 unspecified atom stereocenters. The van der Waals surface area contributed by atoms with E-state index in [4.69, 9.17) is 11.5 Å². The van der Waals surface area contributed by atoms with Gasteiger partial charge < -0.3 is 11.5 Å². The number of hydrogen-bond acceptors (Lipinski definition) is 3. The van der Waals surface area contributed by atoms with Crippen LogP contribution in [-0.4, -0.2) is 18.2 Å². The Kier molecular flexibility index (Phi) is 3.10. The van der Waals surface area contributed by atoms with Crippen molar-refractivity contribution in [3.05, 3.63) is 24.0 Å². The van der Waals surface area contributed by atoms with Crippen molar-refractivity contribution in [2.75, 3.05) is 13.1 Å². The Labute approximate surface area is 71.4 Å². The van der Waals surface area contributed by atoms with Crippen LogP contribution in [-0.2, 0) is 0 Å². The maximum atomic E-state index is 12.6. The number of hydrogen-bond donors (Lipinski definition) is 2. The fourth-order valence-corrected chi connectivity index (χ4v) is 1.43. The van der Waals surface area contributed by atoms with Crippen LogP contribution in [0.2, 0.25) is 0 Å². The van der Waals surface area contributed by atoms with E-state index >= 15 is 0 Å². The monoisotopic (exact) mass is 171 g/mol. The van der Waals surface area contributed by atoms with Gasteiger partial charge in [-0.05, 0) is 30.5 Å². The highest BCUT2D eigenvalue weighted by Gasteiger charge is 2.23. The second-order valence-electron chi connectivity index (χ2n) is 2.88. The van der Waals surface area contributed by atoms with Crippen molar-refractivity contribution in [1.82, 2.24) is 5.12 Å². The topological polar surface area (TPSA) is 55.3 Å². The van der Waals surface area contributed by atoms with E-state index in [0.717, 1.165) is 17.1 Å². The molecule has 0 spiro atoms. The zero-order chi connectivity index (χ0) is 8.97. The van der Waals surface area contributed by atoms with Crippen molar-refractivity contribution < 1.29 is 4.48 Å². The van der Waals surface area contributed by atoms with Gasteiger partial charge in [-0.15, -0.1) is 9.60 Å². The SMILES string of the molecule is N/C=C\C(=C/N)C1CCN(F)C1. The molecular formula is C8H14FN3. The van der Waals surface area contributed by atoms with E-state index in [1.807, 2.05) is 0 Å². The largest absolute Gasteiger partial charge is 0.405 e. The van der Waals surface area contributed by atoms with Crippen LogP contribution in [0, 0.1) is 5.92 Å². The van der Waals surface area contributed by atoms with Gasteiger partial charge in [0.2, 0.25) is 0 Å². The molecule has 0 saturated carbocycles. The first-order valence-electron chi connectivity index (χ1n) is 3.98. The molecule has 1 heterocycles. The molecule has 1 atom stereocenters. The normalized spacial score (nSPS) is 27.1. The zero-order valence-electron chi connectivity index (χ0n) is 6.91. The molecule has 68 valence electrons. The first-order chi connectivity index (χ1) is 5.77. The quantitative estimate of drug-likeness (QED) is 0.470. The molecule has 0 aromatic carbocycles. The fraction of sp³-hybridized carbons (Fsp3) is 0.500. The molecular weight excluding hydrogens is 157 g/mol. The minimum Gasteiger partial charge on any atom is -0.405 e. The second kappa shape index (κ2) is 4.11. The Morgan fingerprint density at radius 3 is 2.67 bits per heavy atom. The van der Waals surface area contributed by atoms with Gasteiger partial charge in [-0.2, -0.15) is 0 Å². The minimum absolute atomic E-state index is 0.194. The Hall–Kier alpha value is -1.03.